The van der Waals surface area contributed by atoms with E-state index < -0.39 is 0 Å². The van der Waals surface area contributed by atoms with Crippen molar-refractivity contribution in [2.24, 2.45) is 0 Å². The van der Waals surface area contributed by atoms with Gasteiger partial charge in [0, 0.05) is 11.8 Å². The largest absolute Gasteiger partial charge is 0.466 e. The first-order valence-corrected chi connectivity index (χ1v) is 12.1. The Kier molecular flexibility index (Phi) is 21.9. The number of rotatable bonds is 20. The van der Waals surface area contributed by atoms with Crippen molar-refractivity contribution in [2.45, 2.75) is 122 Å². The molecule has 0 bridgehead atoms. The highest BCUT2D eigenvalue weighted by atomic mass is 79.9. The molecule has 3 heteroatoms. The quantitative estimate of drug-likeness (QED) is 0.114. The van der Waals surface area contributed by atoms with Crippen molar-refractivity contribution in [3.05, 3.63) is 0 Å². The molecule has 0 unspecified atom stereocenters. The van der Waals surface area contributed by atoms with E-state index in [4.69, 9.17) is 4.74 Å². The number of carbonyl (C=O) groups is 1. The van der Waals surface area contributed by atoms with Crippen LogP contribution < -0.4 is 0 Å². The van der Waals surface area contributed by atoms with E-state index in [-0.39, 0.29) is 5.97 Å². The van der Waals surface area contributed by atoms with Gasteiger partial charge in [-0.05, 0) is 19.3 Å². The fraction of sp³-hybridized carbons (Fsp3) is 0.955. The monoisotopic (exact) mass is 418 g/mol. The van der Waals surface area contributed by atoms with Crippen LogP contribution in [0.5, 0.6) is 0 Å². The number of ether oxygens (including phenoxy) is 1. The number of hydrogen-bond donors (Lipinski definition) is 0. The van der Waals surface area contributed by atoms with Gasteiger partial charge >= 0.3 is 5.97 Å². The van der Waals surface area contributed by atoms with Crippen molar-refractivity contribution in [3.63, 3.8) is 0 Å². The van der Waals surface area contributed by atoms with Gasteiger partial charge in [-0.15, -0.1) is 0 Å². The number of alkyl halides is 1. The first kappa shape index (κ1) is 24.9. The minimum absolute atomic E-state index is 0.0219. The molecule has 0 spiro atoms. The fourth-order valence-corrected chi connectivity index (χ4v) is 3.49. The number of unbranched alkanes of at least 4 members (excludes halogenated alkanes) is 15. The van der Waals surface area contributed by atoms with Crippen LogP contribution in [0.3, 0.4) is 0 Å². The van der Waals surface area contributed by atoms with Gasteiger partial charge < -0.3 is 4.74 Å². The van der Waals surface area contributed by atoms with Crippen molar-refractivity contribution in [1.82, 2.24) is 0 Å². The third-order valence-corrected chi connectivity index (χ3v) is 5.34. The van der Waals surface area contributed by atoms with Gasteiger partial charge in [0.1, 0.15) is 0 Å². The molecule has 0 heterocycles. The predicted molar refractivity (Wildman–Crippen MR) is 114 cm³/mol. The molecule has 2 nitrogen and oxygen atoms in total. The van der Waals surface area contributed by atoms with Gasteiger partial charge in [-0.1, -0.05) is 113 Å². The molecule has 0 aliphatic carbocycles. The standard InChI is InChI=1S/C22H43BrO2/c1-2-3-4-5-6-7-8-9-10-11-12-13-14-15-18-21-25-22(24)19-16-17-20-23/h2-21H2,1H3. The third-order valence-electron chi connectivity index (χ3n) is 4.78. The maximum Gasteiger partial charge on any atom is 0.305 e. The van der Waals surface area contributed by atoms with Gasteiger partial charge in [-0.25, -0.2) is 0 Å². The average Bonchev–Trinajstić information content (AvgIpc) is 2.61. The highest BCUT2D eigenvalue weighted by Crippen LogP contribution is 2.13. The lowest BCUT2D eigenvalue weighted by Gasteiger charge is -2.05. The minimum Gasteiger partial charge on any atom is -0.466 e. The summed E-state index contributed by atoms with van der Waals surface area (Å²) < 4.78 is 5.25. The maximum atomic E-state index is 11.4. The fourth-order valence-electron chi connectivity index (χ4n) is 3.10. The lowest BCUT2D eigenvalue weighted by atomic mass is 10.0. The zero-order valence-corrected chi connectivity index (χ0v) is 18.4. The highest BCUT2D eigenvalue weighted by Gasteiger charge is 2.01. The number of hydrogen-bond acceptors (Lipinski definition) is 2. The summed E-state index contributed by atoms with van der Waals surface area (Å²) in [6, 6.07) is 0. The SMILES string of the molecule is CCCCCCCCCCCCCCCCCOC(=O)CCCCBr. The summed E-state index contributed by atoms with van der Waals surface area (Å²) in [6.07, 6.45) is 23.0. The van der Waals surface area contributed by atoms with Gasteiger partial charge in [0.15, 0.2) is 0 Å². The van der Waals surface area contributed by atoms with E-state index in [0.717, 1.165) is 24.6 Å². The number of halogens is 1. The van der Waals surface area contributed by atoms with Crippen LogP contribution in [-0.4, -0.2) is 17.9 Å². The molecule has 0 aliphatic heterocycles. The molecule has 0 saturated heterocycles. The Hall–Kier alpha value is -0.0500. The normalized spacial score (nSPS) is 11.0. The Morgan fingerprint density at radius 3 is 1.52 bits per heavy atom. The van der Waals surface area contributed by atoms with E-state index in [1.165, 1.54) is 89.9 Å². The second kappa shape index (κ2) is 22.0. The highest BCUT2D eigenvalue weighted by molar-refractivity contribution is 9.09. The molecule has 0 N–H and O–H groups in total. The van der Waals surface area contributed by atoms with Gasteiger partial charge in [0.25, 0.3) is 0 Å². The second-order valence-electron chi connectivity index (χ2n) is 7.32. The van der Waals surface area contributed by atoms with Crippen LogP contribution in [0.4, 0.5) is 0 Å². The molecular weight excluding hydrogens is 376 g/mol. The lowest BCUT2D eigenvalue weighted by molar-refractivity contribution is -0.143. The lowest BCUT2D eigenvalue weighted by Crippen LogP contribution is -2.05. The third kappa shape index (κ3) is 21.9. The van der Waals surface area contributed by atoms with Gasteiger partial charge in [0.05, 0.1) is 6.61 Å². The van der Waals surface area contributed by atoms with Crippen molar-refractivity contribution in [2.75, 3.05) is 11.9 Å². The van der Waals surface area contributed by atoms with Crippen LogP contribution in [0, 0.1) is 0 Å². The number of esters is 1. The Morgan fingerprint density at radius 1 is 0.640 bits per heavy atom. The summed E-state index contributed by atoms with van der Waals surface area (Å²) in [4.78, 5) is 11.4. The first-order chi connectivity index (χ1) is 12.3. The minimum atomic E-state index is -0.0219. The summed E-state index contributed by atoms with van der Waals surface area (Å²) in [5.41, 5.74) is 0. The van der Waals surface area contributed by atoms with Crippen LogP contribution in [0.15, 0.2) is 0 Å². The Labute approximate surface area is 166 Å². The molecule has 0 atom stereocenters. The molecule has 0 rings (SSSR count). The van der Waals surface area contributed by atoms with E-state index in [1.54, 1.807) is 0 Å². The molecule has 0 amide bonds. The Bertz CT molecular complexity index is 269. The molecule has 0 aromatic heterocycles. The zero-order chi connectivity index (χ0) is 18.4. The molecule has 0 radical (unpaired) electrons. The van der Waals surface area contributed by atoms with Crippen LogP contribution in [0.1, 0.15) is 122 Å². The van der Waals surface area contributed by atoms with Gasteiger partial charge in [-0.3, -0.25) is 4.79 Å². The molecule has 25 heavy (non-hydrogen) atoms. The van der Waals surface area contributed by atoms with Gasteiger partial charge in [0.2, 0.25) is 0 Å². The van der Waals surface area contributed by atoms with Crippen LogP contribution >= 0.6 is 15.9 Å². The molecule has 0 aromatic carbocycles. The maximum absolute atomic E-state index is 11.4. The van der Waals surface area contributed by atoms with Crippen LogP contribution in [0.2, 0.25) is 0 Å². The van der Waals surface area contributed by atoms with Crippen LogP contribution in [-0.2, 0) is 9.53 Å². The molecule has 150 valence electrons. The van der Waals surface area contributed by atoms with Crippen molar-refractivity contribution in [1.29, 1.82) is 0 Å². The summed E-state index contributed by atoms with van der Waals surface area (Å²) in [6.45, 7) is 2.90. The Balaban J connectivity index is 3.06. The first-order valence-electron chi connectivity index (χ1n) is 11.0. The molecular formula is C22H43BrO2. The second-order valence-corrected chi connectivity index (χ2v) is 8.11. The number of carbonyl (C=O) groups excluding carboxylic acids is 1. The van der Waals surface area contributed by atoms with E-state index in [1.807, 2.05) is 0 Å². The topological polar surface area (TPSA) is 26.3 Å². The Morgan fingerprint density at radius 2 is 1.08 bits per heavy atom. The summed E-state index contributed by atoms with van der Waals surface area (Å²) >= 11 is 3.37. The van der Waals surface area contributed by atoms with Crippen LogP contribution in [0.25, 0.3) is 0 Å². The van der Waals surface area contributed by atoms with Crippen molar-refractivity contribution >= 4 is 21.9 Å². The van der Waals surface area contributed by atoms with E-state index in [2.05, 4.69) is 22.9 Å². The zero-order valence-electron chi connectivity index (χ0n) is 16.8. The molecule has 0 aromatic rings. The smallest absolute Gasteiger partial charge is 0.305 e. The average molecular weight is 419 g/mol. The summed E-state index contributed by atoms with van der Waals surface area (Å²) in [7, 11) is 0. The molecule has 0 fully saturated rings. The van der Waals surface area contributed by atoms with Crippen molar-refractivity contribution in [3.8, 4) is 0 Å². The predicted octanol–water partition coefficient (Wildman–Crippen LogP) is 7.97. The molecule has 0 saturated carbocycles. The summed E-state index contributed by atoms with van der Waals surface area (Å²) in [5.74, 6) is -0.0219. The van der Waals surface area contributed by atoms with Gasteiger partial charge in [-0.2, -0.15) is 0 Å². The van der Waals surface area contributed by atoms with E-state index in [9.17, 15) is 4.79 Å². The van der Waals surface area contributed by atoms with Crippen molar-refractivity contribution < 1.29 is 9.53 Å². The van der Waals surface area contributed by atoms with E-state index >= 15 is 0 Å². The molecule has 0 aliphatic rings. The summed E-state index contributed by atoms with van der Waals surface area (Å²) in [5, 5.41) is 0.972. The van der Waals surface area contributed by atoms with E-state index in [0.29, 0.717) is 13.0 Å².